The summed E-state index contributed by atoms with van der Waals surface area (Å²) in [5.74, 6) is -0.160. The molecule has 3 aromatic rings. The Morgan fingerprint density at radius 3 is 2.90 bits per heavy atom. The van der Waals surface area contributed by atoms with Crippen LogP contribution in [0.1, 0.15) is 28.3 Å². The van der Waals surface area contributed by atoms with Gasteiger partial charge in [0.2, 0.25) is 5.82 Å². The molecule has 0 unspecified atom stereocenters. The Labute approximate surface area is 165 Å². The number of rotatable bonds is 8. The molecule has 152 valence electrons. The third-order valence-corrected chi connectivity index (χ3v) is 3.94. The summed E-state index contributed by atoms with van der Waals surface area (Å²) in [5, 5.41) is 23.6. The monoisotopic (exact) mass is 401 g/mol. The van der Waals surface area contributed by atoms with Crippen LogP contribution in [0.5, 0.6) is 5.75 Å². The second-order valence-electron chi connectivity index (χ2n) is 6.12. The van der Waals surface area contributed by atoms with Gasteiger partial charge in [0.15, 0.2) is 11.6 Å². The fraction of sp³-hybridized carbons (Fsp3) is 0.333. The maximum Gasteiger partial charge on any atom is 0.270 e. The number of aliphatic hydroxyl groups excluding tert-OH is 1. The zero-order valence-electron chi connectivity index (χ0n) is 16.0. The van der Waals surface area contributed by atoms with Gasteiger partial charge in [-0.15, -0.1) is 10.2 Å². The lowest BCUT2D eigenvalue weighted by molar-refractivity contribution is 0.0945. The van der Waals surface area contributed by atoms with Crippen molar-refractivity contribution in [2.45, 2.75) is 26.4 Å². The number of methoxy groups -OCH3 is 1. The number of nitrogens with zero attached hydrogens (tertiary/aromatic N) is 6. The van der Waals surface area contributed by atoms with Crippen molar-refractivity contribution in [1.82, 2.24) is 35.5 Å². The third kappa shape index (κ3) is 5.08. The predicted octanol–water partition coefficient (Wildman–Crippen LogP) is 0.899. The number of amides is 1. The molecule has 10 nitrogen and oxygen atoms in total. The largest absolute Gasteiger partial charge is 0.494 e. The lowest BCUT2D eigenvalue weighted by Gasteiger charge is -2.08. The molecule has 0 saturated heterocycles. The van der Waals surface area contributed by atoms with E-state index in [1.165, 1.54) is 30.1 Å². The minimum atomic E-state index is -0.474. The predicted molar refractivity (Wildman–Crippen MR) is 99.4 cm³/mol. The van der Waals surface area contributed by atoms with Gasteiger partial charge >= 0.3 is 0 Å². The van der Waals surface area contributed by atoms with Gasteiger partial charge in [0.25, 0.3) is 5.91 Å². The van der Waals surface area contributed by atoms with E-state index in [0.717, 1.165) is 0 Å². The molecule has 0 bridgehead atoms. The first-order valence-corrected chi connectivity index (χ1v) is 8.85. The molecule has 0 fully saturated rings. The maximum atomic E-state index is 13.5. The lowest BCUT2D eigenvalue weighted by Crippen LogP contribution is -2.24. The number of hydrogen-bond donors (Lipinski definition) is 2. The number of halogens is 1. The number of aliphatic hydroxyl groups is 1. The lowest BCUT2D eigenvalue weighted by atomic mass is 10.2. The smallest absolute Gasteiger partial charge is 0.270 e. The highest BCUT2D eigenvalue weighted by Gasteiger charge is 2.15. The van der Waals surface area contributed by atoms with E-state index in [1.54, 1.807) is 13.0 Å². The summed E-state index contributed by atoms with van der Waals surface area (Å²) in [6, 6.07) is 5.82. The minimum Gasteiger partial charge on any atom is -0.494 e. The molecule has 0 aliphatic heterocycles. The molecule has 0 aliphatic rings. The summed E-state index contributed by atoms with van der Waals surface area (Å²) in [6.07, 6.45) is 0.500. The number of carbonyl (C=O) groups excluding carboxylic acids is 1. The van der Waals surface area contributed by atoms with Crippen molar-refractivity contribution >= 4 is 5.91 Å². The van der Waals surface area contributed by atoms with Crippen LogP contribution < -0.4 is 10.1 Å². The highest BCUT2D eigenvalue weighted by Crippen LogP contribution is 2.18. The van der Waals surface area contributed by atoms with Crippen LogP contribution in [0.15, 0.2) is 24.3 Å². The van der Waals surface area contributed by atoms with Crippen molar-refractivity contribution in [3.05, 3.63) is 47.2 Å². The number of aryl methyl sites for hydroxylation is 2. The highest BCUT2D eigenvalue weighted by molar-refractivity contribution is 5.93. The van der Waals surface area contributed by atoms with Crippen LogP contribution in [-0.2, 0) is 13.1 Å². The zero-order valence-corrected chi connectivity index (χ0v) is 16.0. The van der Waals surface area contributed by atoms with E-state index in [4.69, 9.17) is 9.84 Å². The van der Waals surface area contributed by atoms with Gasteiger partial charge < -0.3 is 15.2 Å². The average Bonchev–Trinajstić information content (AvgIpc) is 3.20. The quantitative estimate of drug-likeness (QED) is 0.570. The van der Waals surface area contributed by atoms with Gasteiger partial charge in [-0.3, -0.25) is 4.79 Å². The second-order valence-corrected chi connectivity index (χ2v) is 6.12. The van der Waals surface area contributed by atoms with E-state index < -0.39 is 11.7 Å². The fourth-order valence-corrected chi connectivity index (χ4v) is 2.54. The molecule has 2 heterocycles. The molecule has 0 spiro atoms. The molecule has 3 rings (SSSR count). The molecule has 2 N–H and O–H groups in total. The molecule has 2 aromatic heterocycles. The van der Waals surface area contributed by atoms with Gasteiger partial charge in [0.05, 0.1) is 13.7 Å². The van der Waals surface area contributed by atoms with Crippen LogP contribution >= 0.6 is 0 Å². The van der Waals surface area contributed by atoms with Crippen molar-refractivity contribution in [3.8, 4) is 17.3 Å². The number of ether oxygens (including phenoxy) is 1. The molecular weight excluding hydrogens is 381 g/mol. The Morgan fingerprint density at radius 1 is 1.31 bits per heavy atom. The van der Waals surface area contributed by atoms with Crippen LogP contribution in [0, 0.1) is 12.7 Å². The maximum absolute atomic E-state index is 13.5. The summed E-state index contributed by atoms with van der Waals surface area (Å²) in [4.78, 5) is 22.3. The summed E-state index contributed by atoms with van der Waals surface area (Å²) in [7, 11) is 1.37. The Balaban J connectivity index is 1.73. The van der Waals surface area contributed by atoms with E-state index in [1.807, 2.05) is 0 Å². The number of tetrazole rings is 1. The molecule has 0 saturated carbocycles. The summed E-state index contributed by atoms with van der Waals surface area (Å²) < 4.78 is 18.4. The standard InChI is InChI=1S/C18H20FN7O3/c1-11-21-14(17-23-25-26(24-17)6-3-7-27)9-15(22-11)18(28)20-10-12-4-5-13(19)16(8-12)29-2/h4-5,8-9,27H,3,6-7,10H2,1-2H3,(H,20,28). The molecule has 29 heavy (non-hydrogen) atoms. The van der Waals surface area contributed by atoms with E-state index in [9.17, 15) is 9.18 Å². The van der Waals surface area contributed by atoms with Crippen LogP contribution in [0.2, 0.25) is 0 Å². The summed E-state index contributed by atoms with van der Waals surface area (Å²) in [5.41, 5.74) is 1.19. The Morgan fingerprint density at radius 2 is 2.14 bits per heavy atom. The Hall–Kier alpha value is -3.47. The number of hydrogen-bond acceptors (Lipinski definition) is 8. The van der Waals surface area contributed by atoms with E-state index in [-0.39, 0.29) is 30.4 Å². The first-order chi connectivity index (χ1) is 14.0. The highest BCUT2D eigenvalue weighted by atomic mass is 19.1. The average molecular weight is 401 g/mol. The molecule has 0 atom stereocenters. The number of carbonyl (C=O) groups is 1. The minimum absolute atomic E-state index is 0.0216. The van der Waals surface area contributed by atoms with Crippen LogP contribution in [0.4, 0.5) is 4.39 Å². The molecule has 1 amide bonds. The topological polar surface area (TPSA) is 128 Å². The summed E-state index contributed by atoms with van der Waals surface area (Å²) in [6.45, 7) is 2.26. The second kappa shape index (κ2) is 9.15. The van der Waals surface area contributed by atoms with Crippen LogP contribution in [0.3, 0.4) is 0 Å². The first-order valence-electron chi connectivity index (χ1n) is 8.85. The van der Waals surface area contributed by atoms with Gasteiger partial charge in [-0.2, -0.15) is 4.80 Å². The van der Waals surface area contributed by atoms with Crippen molar-refractivity contribution in [2.24, 2.45) is 0 Å². The number of benzene rings is 1. The number of nitrogens with one attached hydrogen (secondary N) is 1. The molecule has 1 aromatic carbocycles. The van der Waals surface area contributed by atoms with Gasteiger partial charge in [-0.25, -0.2) is 14.4 Å². The Kier molecular flexibility index (Phi) is 6.39. The number of aromatic nitrogens is 6. The van der Waals surface area contributed by atoms with Crippen molar-refractivity contribution in [2.75, 3.05) is 13.7 Å². The molecule has 11 heteroatoms. The third-order valence-electron chi connectivity index (χ3n) is 3.94. The van der Waals surface area contributed by atoms with Crippen LogP contribution in [-0.4, -0.2) is 54.9 Å². The zero-order chi connectivity index (χ0) is 20.8. The SMILES string of the molecule is COc1cc(CNC(=O)c2cc(-c3nnn(CCCO)n3)nc(C)n2)ccc1F. The molecule has 0 aliphatic carbocycles. The molecular formula is C18H20FN7O3. The van der Waals surface area contributed by atoms with Gasteiger partial charge in [0.1, 0.15) is 17.2 Å². The van der Waals surface area contributed by atoms with Crippen molar-refractivity contribution in [3.63, 3.8) is 0 Å². The van der Waals surface area contributed by atoms with Gasteiger partial charge in [-0.05, 0) is 42.3 Å². The molecule has 0 radical (unpaired) electrons. The van der Waals surface area contributed by atoms with E-state index in [0.29, 0.717) is 30.0 Å². The van der Waals surface area contributed by atoms with Gasteiger partial charge in [0, 0.05) is 13.2 Å². The first kappa shape index (κ1) is 20.3. The fourth-order valence-electron chi connectivity index (χ4n) is 2.54. The van der Waals surface area contributed by atoms with Crippen molar-refractivity contribution in [1.29, 1.82) is 0 Å². The van der Waals surface area contributed by atoms with Gasteiger partial charge in [-0.1, -0.05) is 6.07 Å². The van der Waals surface area contributed by atoms with Crippen molar-refractivity contribution < 1.29 is 19.0 Å². The van der Waals surface area contributed by atoms with Crippen LogP contribution in [0.25, 0.3) is 11.5 Å². The normalized spacial score (nSPS) is 10.8. The Bertz CT molecular complexity index is 1010. The van der Waals surface area contributed by atoms with E-state index >= 15 is 0 Å². The van der Waals surface area contributed by atoms with E-state index in [2.05, 4.69) is 30.7 Å². The summed E-state index contributed by atoms with van der Waals surface area (Å²) >= 11 is 0.